The van der Waals surface area contributed by atoms with E-state index >= 15 is 0 Å². The molecule has 0 aromatic heterocycles. The van der Waals surface area contributed by atoms with Gasteiger partial charge in [-0.05, 0) is 146 Å². The predicted molar refractivity (Wildman–Crippen MR) is 363 cm³/mol. The number of urea groups is 1. The first-order valence-corrected chi connectivity index (χ1v) is 31.4. The van der Waals surface area contributed by atoms with Gasteiger partial charge in [0, 0.05) is 151 Å². The summed E-state index contributed by atoms with van der Waals surface area (Å²) in [6.45, 7) is 33.2. The van der Waals surface area contributed by atoms with Crippen LogP contribution in [0.25, 0.3) is 0 Å². The summed E-state index contributed by atoms with van der Waals surface area (Å²) in [5.41, 5.74) is 20.0. The Morgan fingerprint density at radius 3 is 1.24 bits per heavy atom. The van der Waals surface area contributed by atoms with Crippen LogP contribution in [-0.2, 0) is 34.9 Å². The minimum Gasteiger partial charge on any atom is -0.460 e. The first-order chi connectivity index (χ1) is 44.7. The second kappa shape index (κ2) is 31.8. The number of benzene rings is 6. The number of aliphatic hydroxyl groups is 1. The largest absolute Gasteiger partial charge is 0.460 e. The first-order valence-electron chi connectivity index (χ1n) is 31.4. The Morgan fingerprint density at radius 2 is 0.892 bits per heavy atom. The van der Waals surface area contributed by atoms with E-state index in [1.807, 2.05) is 92.1 Å². The van der Waals surface area contributed by atoms with Gasteiger partial charge in [-0.1, -0.05) is 49.6 Å². The molecule has 0 fully saturated rings. The molecule has 492 valence electrons. The lowest BCUT2D eigenvalue weighted by Crippen LogP contribution is -2.50. The first kappa shape index (κ1) is 70.4. The SMILES string of the molecule is C=C(C)C(=O)OCCNC(=O)NCCN1C(=O)c2ccccc2C12c1cc(C)c(NCC)cc1Oc1cc(NCC)c(C)cc12.C=C(C)C(=O)OCCOC#N.CCNc1cc2c(cc1C)C1(c3cc(C)c(NCC)cc3O2)c2ccccc2C(=O)N1CCN.CCO. The molecular formula is C72H88N10O11. The summed E-state index contributed by atoms with van der Waals surface area (Å²) in [4.78, 5) is 66.7. The van der Waals surface area contributed by atoms with Crippen molar-refractivity contribution < 1.29 is 52.8 Å². The molecule has 4 aliphatic heterocycles. The zero-order valence-corrected chi connectivity index (χ0v) is 55.3. The molecule has 0 saturated heterocycles. The van der Waals surface area contributed by atoms with Crippen molar-refractivity contribution in [1.82, 2.24) is 20.4 Å². The quantitative estimate of drug-likeness (QED) is 0.0144. The summed E-state index contributed by atoms with van der Waals surface area (Å²) in [5, 5.41) is 34.8. The van der Waals surface area contributed by atoms with Crippen molar-refractivity contribution in [2.75, 3.05) is 107 Å². The number of amides is 4. The molecule has 0 saturated carbocycles. The van der Waals surface area contributed by atoms with Crippen molar-refractivity contribution in [2.45, 2.75) is 87.2 Å². The molecule has 21 heteroatoms. The molecule has 93 heavy (non-hydrogen) atoms. The minimum absolute atomic E-state index is 0.00155. The lowest BCUT2D eigenvalue weighted by molar-refractivity contribution is -0.140. The van der Waals surface area contributed by atoms with Gasteiger partial charge in [-0.15, -0.1) is 0 Å². The van der Waals surface area contributed by atoms with Crippen molar-refractivity contribution in [1.29, 1.82) is 5.26 Å². The highest BCUT2D eigenvalue weighted by Crippen LogP contribution is 2.60. The fourth-order valence-corrected chi connectivity index (χ4v) is 12.1. The molecular weight excluding hydrogens is 1180 g/mol. The number of aryl methyl sites for hydroxylation is 4. The second-order valence-electron chi connectivity index (χ2n) is 22.5. The van der Waals surface area contributed by atoms with Crippen LogP contribution in [-0.4, -0.2) is 130 Å². The summed E-state index contributed by atoms with van der Waals surface area (Å²) in [6.07, 6.45) is 1.46. The van der Waals surface area contributed by atoms with Gasteiger partial charge in [-0.2, -0.15) is 5.26 Å². The third-order valence-corrected chi connectivity index (χ3v) is 15.9. The normalized spacial score (nSPS) is 13.2. The third-order valence-electron chi connectivity index (χ3n) is 15.9. The monoisotopic (exact) mass is 1270 g/mol. The summed E-state index contributed by atoms with van der Waals surface area (Å²) >= 11 is 0. The van der Waals surface area contributed by atoms with E-state index < -0.39 is 29.0 Å². The molecule has 4 heterocycles. The maximum absolute atomic E-state index is 14.3. The zero-order chi connectivity index (χ0) is 67.7. The van der Waals surface area contributed by atoms with Crippen LogP contribution in [0, 0.1) is 39.2 Å². The van der Waals surface area contributed by atoms with E-state index in [0.29, 0.717) is 41.3 Å². The maximum Gasteiger partial charge on any atom is 0.333 e. The molecule has 6 aromatic rings. The number of esters is 2. The topological polar surface area (TPSA) is 280 Å². The van der Waals surface area contributed by atoms with Crippen LogP contribution in [0.4, 0.5) is 27.5 Å². The van der Waals surface area contributed by atoms with E-state index in [4.69, 9.17) is 30.3 Å². The highest BCUT2D eigenvalue weighted by Gasteiger charge is 2.58. The lowest BCUT2D eigenvalue weighted by Gasteiger charge is -2.45. The lowest BCUT2D eigenvalue weighted by atomic mass is 9.73. The Kier molecular flexibility index (Phi) is 24.1. The van der Waals surface area contributed by atoms with Gasteiger partial charge in [0.1, 0.15) is 53.9 Å². The number of ether oxygens (including phenoxy) is 5. The van der Waals surface area contributed by atoms with Gasteiger partial charge in [0.05, 0.1) is 6.54 Å². The van der Waals surface area contributed by atoms with Crippen LogP contribution >= 0.6 is 0 Å². The highest BCUT2D eigenvalue weighted by atomic mass is 16.6. The number of aliphatic hydroxyl groups excluding tert-OH is 1. The standard InChI is InChI=1S/C35H41N5O5.C28H32N4O2.C7H9NO3.C2H6O/c1-7-36-28-19-30-26(17-22(28)5)35(27-18-23(6)29(37-8-2)20-31(27)45-30)25-12-10-9-11-24(25)32(41)40(35)15-13-38-34(43)39-14-16-44-33(42)21(3)4;1-5-30-23-15-25-21(13-17(23)3)28(22-14-18(4)24(31-6-2)16-26(22)34-25)20-10-8-7-9-19(20)27(33)32(28)12-11-29;1-6(2)7(9)11-4-3-10-5-8;1-2-3/h9-12,17-20,36-37H,3,7-8,13-16H2,1-2,4-6H3,(H2,38,39,43);7-10,13-16,30-31H,5-6,11-12,29H2,1-4H3;1,3-4H2,2H3;3H,2H2,1H3. The fourth-order valence-electron chi connectivity index (χ4n) is 12.1. The average molecular weight is 1270 g/mol. The molecule has 0 atom stereocenters. The van der Waals surface area contributed by atoms with Crippen LogP contribution in [0.15, 0.2) is 121 Å². The number of rotatable bonds is 21. The summed E-state index contributed by atoms with van der Waals surface area (Å²) < 4.78 is 27.1. The van der Waals surface area contributed by atoms with Crippen molar-refractivity contribution in [3.05, 3.63) is 188 Å². The van der Waals surface area contributed by atoms with Gasteiger partial charge >= 0.3 is 18.0 Å². The van der Waals surface area contributed by atoms with E-state index in [0.717, 1.165) is 122 Å². The number of nitriles is 1. The van der Waals surface area contributed by atoms with Gasteiger partial charge in [-0.25, -0.2) is 14.4 Å². The predicted octanol–water partition coefficient (Wildman–Crippen LogP) is 11.0. The molecule has 4 amide bonds. The van der Waals surface area contributed by atoms with Crippen LogP contribution in [0.1, 0.15) is 125 Å². The number of hydrogen-bond donors (Lipinski definition) is 8. The van der Waals surface area contributed by atoms with E-state index in [9.17, 15) is 24.0 Å². The van der Waals surface area contributed by atoms with E-state index in [1.54, 1.807) is 20.8 Å². The van der Waals surface area contributed by atoms with Crippen molar-refractivity contribution in [3.8, 4) is 29.3 Å². The molecule has 2 spiro atoms. The number of hydrogen-bond acceptors (Lipinski definition) is 17. The molecule has 0 radical (unpaired) electrons. The smallest absolute Gasteiger partial charge is 0.333 e. The Morgan fingerprint density at radius 1 is 0.548 bits per heavy atom. The van der Waals surface area contributed by atoms with Crippen LogP contribution in [0.2, 0.25) is 0 Å². The number of nitrogens with two attached hydrogens (primary N) is 1. The number of nitrogens with one attached hydrogen (secondary N) is 6. The number of carbonyl (C=O) groups excluding carboxylic acids is 5. The molecule has 10 rings (SSSR count). The summed E-state index contributed by atoms with van der Waals surface area (Å²) in [7, 11) is 0. The fraction of sp³-hybridized carbons (Fsp3) is 0.361. The van der Waals surface area contributed by atoms with Gasteiger partial charge in [-0.3, -0.25) is 9.59 Å². The Balaban J connectivity index is 0.000000224. The molecule has 9 N–H and O–H groups in total. The van der Waals surface area contributed by atoms with E-state index in [-0.39, 0.29) is 57.9 Å². The van der Waals surface area contributed by atoms with Crippen LogP contribution in [0.3, 0.4) is 0 Å². The van der Waals surface area contributed by atoms with Gasteiger partial charge < -0.3 is 76.2 Å². The van der Waals surface area contributed by atoms with Crippen molar-refractivity contribution in [2.24, 2.45) is 5.73 Å². The van der Waals surface area contributed by atoms with E-state index in [2.05, 4.69) is 125 Å². The maximum atomic E-state index is 14.3. The summed E-state index contributed by atoms with van der Waals surface area (Å²) in [6, 6.07) is 31.9. The number of anilines is 4. The number of carbonyl (C=O) groups is 5. The zero-order valence-electron chi connectivity index (χ0n) is 55.3. The molecule has 0 unspecified atom stereocenters. The molecule has 6 aromatic carbocycles. The Hall–Kier alpha value is -10.0. The minimum atomic E-state index is -0.990. The average Bonchev–Trinajstić information content (AvgIpc) is 1.60. The Bertz CT molecular complexity index is 3700. The number of fused-ring (bicyclic) bond motifs is 12. The second-order valence-corrected chi connectivity index (χ2v) is 22.5. The number of nitrogens with zero attached hydrogens (tertiary/aromatic N) is 3. The molecule has 0 aliphatic carbocycles. The molecule has 4 aliphatic rings. The van der Waals surface area contributed by atoms with Gasteiger partial charge in [0.2, 0.25) is 0 Å². The highest BCUT2D eigenvalue weighted by molar-refractivity contribution is 6.04. The van der Waals surface area contributed by atoms with Crippen LogP contribution < -0.4 is 47.1 Å². The van der Waals surface area contributed by atoms with Crippen molar-refractivity contribution in [3.63, 3.8) is 0 Å². The van der Waals surface area contributed by atoms with Crippen molar-refractivity contribution >= 4 is 52.5 Å². The van der Waals surface area contributed by atoms with Crippen LogP contribution in [0.5, 0.6) is 23.0 Å². The van der Waals surface area contributed by atoms with Gasteiger partial charge in [0.15, 0.2) is 0 Å². The van der Waals surface area contributed by atoms with Gasteiger partial charge in [0.25, 0.3) is 18.1 Å². The Labute approximate surface area is 545 Å². The molecule has 21 nitrogen and oxygen atoms in total. The third kappa shape index (κ3) is 14.5. The summed E-state index contributed by atoms with van der Waals surface area (Å²) in [5.74, 6) is 1.75. The molecule has 0 bridgehead atoms. The van der Waals surface area contributed by atoms with E-state index in [1.165, 1.54) is 6.26 Å².